The fourth-order valence-electron chi connectivity index (χ4n) is 4.63. The van der Waals surface area contributed by atoms with Crippen LogP contribution in [0.1, 0.15) is 62.8 Å². The maximum Gasteiger partial charge on any atom is 0.243 e. The van der Waals surface area contributed by atoms with E-state index in [9.17, 15) is 14.0 Å². The Balaban J connectivity index is 1.35. The molecule has 3 atom stereocenters. The molecular weight excluding hydrogens is 331 g/mol. The highest BCUT2D eigenvalue weighted by Gasteiger charge is 2.43. The first-order valence-electron chi connectivity index (χ1n) is 10.00. The molecule has 0 bridgehead atoms. The summed E-state index contributed by atoms with van der Waals surface area (Å²) in [5.74, 6) is 0.214. The number of nitrogens with one attached hydrogen (secondary N) is 1. The van der Waals surface area contributed by atoms with Crippen LogP contribution in [0, 0.1) is 11.7 Å². The summed E-state index contributed by atoms with van der Waals surface area (Å²) in [4.78, 5) is 27.4. The van der Waals surface area contributed by atoms with Crippen molar-refractivity contribution in [1.82, 2.24) is 10.2 Å². The van der Waals surface area contributed by atoms with Gasteiger partial charge in [0.1, 0.15) is 11.9 Å². The van der Waals surface area contributed by atoms with Gasteiger partial charge < -0.3 is 10.2 Å². The number of likely N-dealkylation sites (tertiary alicyclic amines) is 1. The van der Waals surface area contributed by atoms with Crippen LogP contribution in [-0.4, -0.2) is 35.3 Å². The highest BCUT2D eigenvalue weighted by molar-refractivity contribution is 5.89. The van der Waals surface area contributed by atoms with Crippen LogP contribution in [0.5, 0.6) is 0 Å². The van der Waals surface area contributed by atoms with Crippen LogP contribution in [0.15, 0.2) is 24.3 Å². The molecule has 26 heavy (non-hydrogen) atoms. The van der Waals surface area contributed by atoms with Crippen molar-refractivity contribution >= 4 is 11.8 Å². The van der Waals surface area contributed by atoms with Crippen LogP contribution >= 0.6 is 0 Å². The standard InChI is InChI=1S/C21H27FN2O2/c22-16-9-4-8-15(12-16)17-13-18(17)23-20(25)19-10-5-11-24(19)21(26)14-6-2-1-3-7-14/h4,8-9,12,14,17-19H,1-3,5-7,10-11,13H2,(H,23,25). The van der Waals surface area contributed by atoms with E-state index in [1.54, 1.807) is 12.1 Å². The Morgan fingerprint density at radius 3 is 2.65 bits per heavy atom. The van der Waals surface area contributed by atoms with Crippen molar-refractivity contribution in [3.63, 3.8) is 0 Å². The zero-order valence-corrected chi connectivity index (χ0v) is 15.1. The predicted octanol–water partition coefficient (Wildman–Crippen LogP) is 3.37. The van der Waals surface area contributed by atoms with Crippen LogP contribution in [0.25, 0.3) is 0 Å². The Bertz CT molecular complexity index is 686. The first kappa shape index (κ1) is 17.5. The number of hydrogen-bond acceptors (Lipinski definition) is 2. The van der Waals surface area contributed by atoms with Crippen molar-refractivity contribution in [2.75, 3.05) is 6.54 Å². The van der Waals surface area contributed by atoms with Crippen molar-refractivity contribution in [3.05, 3.63) is 35.6 Å². The van der Waals surface area contributed by atoms with Gasteiger partial charge in [0.2, 0.25) is 11.8 Å². The SMILES string of the molecule is O=C(NC1CC1c1cccc(F)c1)C1CCCN1C(=O)C1CCCCC1. The van der Waals surface area contributed by atoms with Gasteiger partial charge in [-0.15, -0.1) is 0 Å². The summed E-state index contributed by atoms with van der Waals surface area (Å²) in [6, 6.07) is 6.35. The third-order valence-corrected chi connectivity index (χ3v) is 6.19. The summed E-state index contributed by atoms with van der Waals surface area (Å²) in [5, 5.41) is 3.10. The molecule has 0 aromatic heterocycles. The van der Waals surface area contributed by atoms with Gasteiger partial charge in [-0.2, -0.15) is 0 Å². The molecule has 1 aromatic carbocycles. The molecule has 1 aliphatic heterocycles. The minimum absolute atomic E-state index is 0.0319. The largest absolute Gasteiger partial charge is 0.351 e. The van der Waals surface area contributed by atoms with Crippen molar-refractivity contribution in [2.45, 2.75) is 69.4 Å². The van der Waals surface area contributed by atoms with E-state index in [1.165, 1.54) is 12.5 Å². The highest BCUT2D eigenvalue weighted by Crippen LogP contribution is 2.41. The number of halogens is 1. The quantitative estimate of drug-likeness (QED) is 0.897. The first-order valence-corrected chi connectivity index (χ1v) is 10.00. The number of nitrogens with zero attached hydrogens (tertiary/aromatic N) is 1. The number of hydrogen-bond donors (Lipinski definition) is 1. The average molecular weight is 358 g/mol. The molecule has 3 unspecified atom stereocenters. The second kappa shape index (κ2) is 7.37. The summed E-state index contributed by atoms with van der Waals surface area (Å²) < 4.78 is 13.4. The lowest BCUT2D eigenvalue weighted by Gasteiger charge is -2.30. The van der Waals surface area contributed by atoms with Gasteiger partial charge in [-0.1, -0.05) is 31.4 Å². The van der Waals surface area contributed by atoms with E-state index in [-0.39, 0.29) is 41.6 Å². The summed E-state index contributed by atoms with van der Waals surface area (Å²) in [6.45, 7) is 0.700. The molecule has 3 fully saturated rings. The summed E-state index contributed by atoms with van der Waals surface area (Å²) >= 11 is 0. The topological polar surface area (TPSA) is 49.4 Å². The van der Waals surface area contributed by atoms with E-state index in [2.05, 4.69) is 5.32 Å². The minimum atomic E-state index is -0.321. The van der Waals surface area contributed by atoms with Gasteiger partial charge in [0, 0.05) is 24.4 Å². The van der Waals surface area contributed by atoms with Gasteiger partial charge in [0.25, 0.3) is 0 Å². The van der Waals surface area contributed by atoms with Crippen molar-refractivity contribution in [1.29, 1.82) is 0 Å². The summed E-state index contributed by atoms with van der Waals surface area (Å²) in [5.41, 5.74) is 0.942. The smallest absolute Gasteiger partial charge is 0.243 e. The molecule has 3 aliphatic rings. The molecule has 0 spiro atoms. The molecule has 2 aliphatic carbocycles. The zero-order chi connectivity index (χ0) is 18.1. The number of amides is 2. The number of carbonyl (C=O) groups excluding carboxylic acids is 2. The van der Waals surface area contributed by atoms with Crippen molar-refractivity contribution < 1.29 is 14.0 Å². The van der Waals surface area contributed by atoms with Gasteiger partial charge in [-0.05, 0) is 49.8 Å². The molecule has 1 heterocycles. The fourth-order valence-corrected chi connectivity index (χ4v) is 4.63. The van der Waals surface area contributed by atoms with E-state index in [0.717, 1.165) is 50.5 Å². The maximum atomic E-state index is 13.4. The summed E-state index contributed by atoms with van der Waals surface area (Å²) in [7, 11) is 0. The zero-order valence-electron chi connectivity index (χ0n) is 15.1. The van der Waals surface area contributed by atoms with E-state index in [4.69, 9.17) is 0 Å². The van der Waals surface area contributed by atoms with Crippen LogP contribution in [-0.2, 0) is 9.59 Å². The van der Waals surface area contributed by atoms with Crippen LogP contribution in [0.3, 0.4) is 0 Å². The first-order chi connectivity index (χ1) is 12.6. The summed E-state index contributed by atoms with van der Waals surface area (Å²) in [6.07, 6.45) is 7.89. The van der Waals surface area contributed by atoms with E-state index in [0.29, 0.717) is 6.54 Å². The van der Waals surface area contributed by atoms with Gasteiger partial charge in [0.05, 0.1) is 0 Å². The molecule has 2 saturated carbocycles. The average Bonchev–Trinajstić information content (AvgIpc) is 3.24. The van der Waals surface area contributed by atoms with Crippen molar-refractivity contribution in [3.8, 4) is 0 Å². The van der Waals surface area contributed by atoms with Gasteiger partial charge in [-0.3, -0.25) is 9.59 Å². The molecule has 140 valence electrons. The minimum Gasteiger partial charge on any atom is -0.351 e. The Morgan fingerprint density at radius 1 is 1.08 bits per heavy atom. The van der Waals surface area contributed by atoms with Gasteiger partial charge in [0.15, 0.2) is 0 Å². The van der Waals surface area contributed by atoms with E-state index >= 15 is 0 Å². The fraction of sp³-hybridized carbons (Fsp3) is 0.619. The van der Waals surface area contributed by atoms with Crippen LogP contribution in [0.2, 0.25) is 0 Å². The second-order valence-corrected chi connectivity index (χ2v) is 8.04. The molecule has 5 heteroatoms. The lowest BCUT2D eigenvalue weighted by Crippen LogP contribution is -2.48. The molecule has 4 rings (SSSR count). The molecule has 1 aromatic rings. The lowest BCUT2D eigenvalue weighted by atomic mass is 9.88. The number of benzene rings is 1. The van der Waals surface area contributed by atoms with E-state index in [1.807, 2.05) is 11.0 Å². The van der Waals surface area contributed by atoms with Crippen molar-refractivity contribution in [2.24, 2.45) is 5.92 Å². The Morgan fingerprint density at radius 2 is 1.88 bits per heavy atom. The normalized spacial score (nSPS) is 28.8. The highest BCUT2D eigenvalue weighted by atomic mass is 19.1. The lowest BCUT2D eigenvalue weighted by molar-refractivity contribution is -0.142. The molecule has 1 N–H and O–H groups in total. The Labute approximate surface area is 154 Å². The Kier molecular flexibility index (Phi) is 4.96. The number of carbonyl (C=O) groups is 2. The Hall–Kier alpha value is -1.91. The molecule has 2 amide bonds. The van der Waals surface area contributed by atoms with E-state index < -0.39 is 0 Å². The second-order valence-electron chi connectivity index (χ2n) is 8.04. The van der Waals surface area contributed by atoms with Gasteiger partial charge >= 0.3 is 0 Å². The third-order valence-electron chi connectivity index (χ3n) is 6.19. The molecular formula is C21H27FN2O2. The van der Waals surface area contributed by atoms with Crippen LogP contribution in [0.4, 0.5) is 4.39 Å². The monoisotopic (exact) mass is 358 g/mol. The maximum absolute atomic E-state index is 13.4. The third kappa shape index (κ3) is 3.62. The molecule has 4 nitrogen and oxygen atoms in total. The van der Waals surface area contributed by atoms with Gasteiger partial charge in [-0.25, -0.2) is 4.39 Å². The predicted molar refractivity (Wildman–Crippen MR) is 97.0 cm³/mol. The molecule has 0 radical (unpaired) electrons. The van der Waals surface area contributed by atoms with Crippen LogP contribution < -0.4 is 5.32 Å². The molecule has 1 saturated heterocycles. The number of rotatable bonds is 4.